The number of nitrogens with two attached hydrogens (primary N) is 1. The summed E-state index contributed by atoms with van der Waals surface area (Å²) in [6.45, 7) is 2.98. The van der Waals surface area contributed by atoms with Gasteiger partial charge in [0.05, 0.1) is 12.6 Å². The summed E-state index contributed by atoms with van der Waals surface area (Å²) in [7, 11) is 2.00. The molecule has 2 N–H and O–H groups in total. The fraction of sp³-hybridized carbons (Fsp3) is 0.500. The highest BCUT2D eigenvalue weighted by Crippen LogP contribution is 2.29. The molecule has 1 aliphatic rings. The second kappa shape index (κ2) is 3.61. The van der Waals surface area contributed by atoms with Crippen molar-refractivity contribution in [2.45, 2.75) is 19.4 Å². The third-order valence-electron chi connectivity index (χ3n) is 2.61. The molecule has 1 aromatic rings. The van der Waals surface area contributed by atoms with Gasteiger partial charge in [-0.25, -0.2) is 0 Å². The number of guanidine groups is 1. The summed E-state index contributed by atoms with van der Waals surface area (Å²) in [6.07, 6.45) is 1.11. The van der Waals surface area contributed by atoms with E-state index in [2.05, 4.69) is 24.0 Å². The molecule has 14 heavy (non-hydrogen) atoms. The SMILES string of the molecule is CCc1ccc(C2CN=C(N)N2C)s1. The van der Waals surface area contributed by atoms with Gasteiger partial charge in [-0.3, -0.25) is 4.99 Å². The Balaban J connectivity index is 2.17. The largest absolute Gasteiger partial charge is 0.370 e. The molecule has 1 unspecified atom stereocenters. The molecule has 4 heteroatoms. The first-order valence-corrected chi connectivity index (χ1v) is 5.65. The van der Waals surface area contributed by atoms with Crippen molar-refractivity contribution in [3.63, 3.8) is 0 Å². The van der Waals surface area contributed by atoms with Crippen molar-refractivity contribution in [1.82, 2.24) is 4.90 Å². The van der Waals surface area contributed by atoms with Crippen LogP contribution in [0.3, 0.4) is 0 Å². The summed E-state index contributed by atoms with van der Waals surface area (Å²) >= 11 is 1.87. The Kier molecular flexibility index (Phi) is 2.46. The number of aliphatic imine (C=N–C) groups is 1. The molecule has 0 aromatic carbocycles. The predicted molar refractivity (Wildman–Crippen MR) is 60.7 cm³/mol. The Bertz CT molecular complexity index is 356. The lowest BCUT2D eigenvalue weighted by atomic mass is 10.2. The molecule has 2 rings (SSSR count). The number of nitrogens with zero attached hydrogens (tertiary/aromatic N) is 2. The van der Waals surface area contributed by atoms with Gasteiger partial charge in [-0.05, 0) is 18.6 Å². The maximum atomic E-state index is 5.73. The number of aryl methyl sites for hydroxylation is 1. The molecule has 2 heterocycles. The predicted octanol–water partition coefficient (Wildman–Crippen LogP) is 1.61. The van der Waals surface area contributed by atoms with E-state index in [-0.39, 0.29) is 0 Å². The van der Waals surface area contributed by atoms with Gasteiger partial charge < -0.3 is 10.6 Å². The molecule has 76 valence electrons. The van der Waals surface area contributed by atoms with Gasteiger partial charge in [0.1, 0.15) is 0 Å². The quantitative estimate of drug-likeness (QED) is 0.804. The van der Waals surface area contributed by atoms with Crippen LogP contribution in [-0.2, 0) is 6.42 Å². The van der Waals surface area contributed by atoms with Crippen LogP contribution in [0.4, 0.5) is 0 Å². The Labute approximate surface area is 88.3 Å². The fourth-order valence-corrected chi connectivity index (χ4v) is 2.71. The number of hydrogen-bond acceptors (Lipinski definition) is 4. The van der Waals surface area contributed by atoms with Crippen molar-refractivity contribution in [3.8, 4) is 0 Å². The third-order valence-corrected chi connectivity index (χ3v) is 3.95. The minimum atomic E-state index is 0.361. The molecule has 3 nitrogen and oxygen atoms in total. The molecule has 0 saturated heterocycles. The summed E-state index contributed by atoms with van der Waals surface area (Å²) in [5.74, 6) is 0.654. The third kappa shape index (κ3) is 1.50. The number of rotatable bonds is 2. The maximum absolute atomic E-state index is 5.73. The van der Waals surface area contributed by atoms with Gasteiger partial charge in [0.2, 0.25) is 0 Å². The van der Waals surface area contributed by atoms with Crippen molar-refractivity contribution in [3.05, 3.63) is 21.9 Å². The van der Waals surface area contributed by atoms with Crippen LogP contribution >= 0.6 is 11.3 Å². The van der Waals surface area contributed by atoms with Gasteiger partial charge >= 0.3 is 0 Å². The van der Waals surface area contributed by atoms with Crippen LogP contribution in [0.2, 0.25) is 0 Å². The van der Waals surface area contributed by atoms with Gasteiger partial charge in [-0.2, -0.15) is 0 Å². The van der Waals surface area contributed by atoms with E-state index >= 15 is 0 Å². The van der Waals surface area contributed by atoms with E-state index < -0.39 is 0 Å². The second-order valence-electron chi connectivity index (χ2n) is 3.48. The summed E-state index contributed by atoms with van der Waals surface area (Å²) in [6, 6.07) is 4.75. The average Bonchev–Trinajstić information content (AvgIpc) is 2.75. The Hall–Kier alpha value is -1.03. The van der Waals surface area contributed by atoms with E-state index in [1.54, 1.807) is 0 Å². The Morgan fingerprint density at radius 3 is 2.93 bits per heavy atom. The summed E-state index contributed by atoms with van der Waals surface area (Å²) in [5, 5.41) is 0. The molecule has 1 aliphatic heterocycles. The number of hydrogen-bond donors (Lipinski definition) is 1. The zero-order chi connectivity index (χ0) is 10.1. The minimum Gasteiger partial charge on any atom is -0.370 e. The fourth-order valence-electron chi connectivity index (χ4n) is 1.62. The molecular weight excluding hydrogens is 194 g/mol. The number of likely N-dealkylation sites (N-methyl/N-ethyl adjacent to an activating group) is 1. The lowest BCUT2D eigenvalue weighted by Crippen LogP contribution is -2.31. The van der Waals surface area contributed by atoms with Crippen LogP contribution in [0, 0.1) is 0 Å². The van der Waals surface area contributed by atoms with Crippen molar-refractivity contribution in [1.29, 1.82) is 0 Å². The van der Waals surface area contributed by atoms with Gasteiger partial charge in [0, 0.05) is 16.8 Å². The van der Waals surface area contributed by atoms with Crippen molar-refractivity contribution >= 4 is 17.3 Å². The van der Waals surface area contributed by atoms with E-state index in [0.717, 1.165) is 13.0 Å². The smallest absolute Gasteiger partial charge is 0.191 e. The molecule has 0 aliphatic carbocycles. The molecule has 1 atom stereocenters. The first kappa shape index (κ1) is 9.52. The van der Waals surface area contributed by atoms with Crippen molar-refractivity contribution in [2.75, 3.05) is 13.6 Å². The van der Waals surface area contributed by atoms with Gasteiger partial charge in [0.25, 0.3) is 0 Å². The highest BCUT2D eigenvalue weighted by Gasteiger charge is 2.24. The van der Waals surface area contributed by atoms with Gasteiger partial charge in [-0.1, -0.05) is 6.92 Å². The molecule has 0 bridgehead atoms. The van der Waals surface area contributed by atoms with E-state index in [1.165, 1.54) is 9.75 Å². The zero-order valence-electron chi connectivity index (χ0n) is 8.53. The summed E-state index contributed by atoms with van der Waals surface area (Å²) in [5.41, 5.74) is 5.73. The van der Waals surface area contributed by atoms with Crippen molar-refractivity contribution in [2.24, 2.45) is 10.7 Å². The Morgan fingerprint density at radius 2 is 2.43 bits per heavy atom. The molecule has 1 aromatic heterocycles. The topological polar surface area (TPSA) is 41.6 Å². The van der Waals surface area contributed by atoms with Crippen molar-refractivity contribution < 1.29 is 0 Å². The van der Waals surface area contributed by atoms with Gasteiger partial charge in [0.15, 0.2) is 5.96 Å². The lowest BCUT2D eigenvalue weighted by Gasteiger charge is -2.19. The molecular formula is C10H15N3S. The average molecular weight is 209 g/mol. The maximum Gasteiger partial charge on any atom is 0.191 e. The molecule has 0 spiro atoms. The van der Waals surface area contributed by atoms with E-state index in [1.807, 2.05) is 23.3 Å². The van der Waals surface area contributed by atoms with E-state index in [4.69, 9.17) is 5.73 Å². The summed E-state index contributed by atoms with van der Waals surface area (Å²) in [4.78, 5) is 9.08. The molecule has 0 fully saturated rings. The van der Waals surface area contributed by atoms with Crippen LogP contribution in [0.15, 0.2) is 17.1 Å². The summed E-state index contributed by atoms with van der Waals surface area (Å²) < 4.78 is 0. The van der Waals surface area contributed by atoms with Gasteiger partial charge in [-0.15, -0.1) is 11.3 Å². The van der Waals surface area contributed by atoms with Crippen LogP contribution in [0.1, 0.15) is 22.7 Å². The standard InChI is InChI=1S/C10H15N3S/c1-3-7-4-5-9(14-7)8-6-12-10(11)13(8)2/h4-5,8H,3,6H2,1-2H3,(H2,11,12). The first-order chi connectivity index (χ1) is 6.72. The molecule has 0 radical (unpaired) electrons. The monoisotopic (exact) mass is 209 g/mol. The highest BCUT2D eigenvalue weighted by molar-refractivity contribution is 7.12. The molecule has 0 amide bonds. The molecule has 0 saturated carbocycles. The van der Waals surface area contributed by atoms with Crippen LogP contribution < -0.4 is 5.73 Å². The van der Waals surface area contributed by atoms with Crippen LogP contribution in [0.25, 0.3) is 0 Å². The highest BCUT2D eigenvalue weighted by atomic mass is 32.1. The minimum absolute atomic E-state index is 0.361. The van der Waals surface area contributed by atoms with E-state index in [9.17, 15) is 0 Å². The van der Waals surface area contributed by atoms with Crippen LogP contribution in [0.5, 0.6) is 0 Å². The normalized spacial score (nSPS) is 21.4. The second-order valence-corrected chi connectivity index (χ2v) is 4.68. The Morgan fingerprint density at radius 1 is 1.64 bits per heavy atom. The first-order valence-electron chi connectivity index (χ1n) is 4.83. The lowest BCUT2D eigenvalue weighted by molar-refractivity contribution is 0.420. The van der Waals surface area contributed by atoms with Crippen LogP contribution in [-0.4, -0.2) is 24.5 Å². The van der Waals surface area contributed by atoms with E-state index in [0.29, 0.717) is 12.0 Å². The zero-order valence-corrected chi connectivity index (χ0v) is 9.34. The number of thiophene rings is 1.